The van der Waals surface area contributed by atoms with E-state index in [0.717, 1.165) is 22.4 Å². The van der Waals surface area contributed by atoms with Crippen molar-refractivity contribution < 1.29 is 9.26 Å². The fourth-order valence-electron chi connectivity index (χ4n) is 3.36. The lowest BCUT2D eigenvalue weighted by molar-refractivity contribution is 0.370. The van der Waals surface area contributed by atoms with Crippen molar-refractivity contribution in [2.75, 3.05) is 7.11 Å². The molecule has 0 bridgehead atoms. The van der Waals surface area contributed by atoms with Crippen molar-refractivity contribution in [1.29, 1.82) is 0 Å². The standard InChI is InChI=1S/C23H19N5O3/c1-15-6-8-16(9-7-15)22-24-21(31-26-22)14-27-10-11-28-20(23(27)29)13-19(25-28)17-4-3-5-18(12-17)30-2/h3-13H,14H2,1-2H3. The number of methoxy groups -OCH3 is 1. The second-order valence-corrected chi connectivity index (χ2v) is 7.20. The maximum atomic E-state index is 13.0. The first-order valence-electron chi connectivity index (χ1n) is 9.73. The summed E-state index contributed by atoms with van der Waals surface area (Å²) < 4.78 is 13.7. The van der Waals surface area contributed by atoms with E-state index in [9.17, 15) is 4.79 Å². The maximum Gasteiger partial charge on any atom is 0.277 e. The Morgan fingerprint density at radius 3 is 2.68 bits per heavy atom. The molecule has 2 aromatic carbocycles. The van der Waals surface area contributed by atoms with E-state index in [1.807, 2.05) is 55.5 Å². The molecule has 0 atom stereocenters. The minimum absolute atomic E-state index is 0.174. The molecule has 0 fully saturated rings. The van der Waals surface area contributed by atoms with E-state index >= 15 is 0 Å². The Balaban J connectivity index is 1.45. The molecule has 3 heterocycles. The molecule has 8 heteroatoms. The van der Waals surface area contributed by atoms with Crippen LogP contribution in [0.3, 0.4) is 0 Å². The molecule has 0 aliphatic heterocycles. The summed E-state index contributed by atoms with van der Waals surface area (Å²) >= 11 is 0. The molecular formula is C23H19N5O3. The van der Waals surface area contributed by atoms with Gasteiger partial charge in [0.05, 0.1) is 12.8 Å². The number of rotatable bonds is 5. The van der Waals surface area contributed by atoms with Gasteiger partial charge in [0.1, 0.15) is 17.8 Å². The van der Waals surface area contributed by atoms with E-state index in [0.29, 0.717) is 22.9 Å². The molecule has 5 rings (SSSR count). The van der Waals surface area contributed by atoms with Crippen molar-refractivity contribution >= 4 is 5.52 Å². The van der Waals surface area contributed by atoms with Crippen LogP contribution in [0, 0.1) is 6.92 Å². The quantitative estimate of drug-likeness (QED) is 0.438. The molecule has 0 saturated heterocycles. The lowest BCUT2D eigenvalue weighted by Crippen LogP contribution is -2.21. The van der Waals surface area contributed by atoms with Gasteiger partial charge >= 0.3 is 0 Å². The molecule has 154 valence electrons. The third-order valence-electron chi connectivity index (χ3n) is 5.05. The molecule has 0 saturated carbocycles. The molecule has 0 aliphatic carbocycles. The highest BCUT2D eigenvalue weighted by Crippen LogP contribution is 2.23. The number of benzene rings is 2. The van der Waals surface area contributed by atoms with E-state index in [2.05, 4.69) is 15.2 Å². The first-order chi connectivity index (χ1) is 15.1. The normalized spacial score (nSPS) is 11.2. The first kappa shape index (κ1) is 18.8. The first-order valence-corrected chi connectivity index (χ1v) is 9.73. The van der Waals surface area contributed by atoms with Crippen molar-refractivity contribution in [1.82, 2.24) is 24.3 Å². The zero-order valence-electron chi connectivity index (χ0n) is 17.0. The van der Waals surface area contributed by atoms with Crippen molar-refractivity contribution in [2.24, 2.45) is 0 Å². The molecule has 0 unspecified atom stereocenters. The summed E-state index contributed by atoms with van der Waals surface area (Å²) in [4.78, 5) is 17.4. The van der Waals surface area contributed by atoms with Crippen molar-refractivity contribution in [2.45, 2.75) is 13.5 Å². The number of aryl methyl sites for hydroxylation is 1. The highest BCUT2D eigenvalue weighted by molar-refractivity contribution is 5.66. The Kier molecular flexibility index (Phi) is 4.59. The predicted octanol–water partition coefficient (Wildman–Crippen LogP) is 3.58. The fraction of sp³-hybridized carbons (Fsp3) is 0.130. The van der Waals surface area contributed by atoms with Gasteiger partial charge in [-0.15, -0.1) is 0 Å². The van der Waals surface area contributed by atoms with Crippen LogP contribution in [0.1, 0.15) is 11.5 Å². The van der Waals surface area contributed by atoms with Gasteiger partial charge in [0.15, 0.2) is 0 Å². The Morgan fingerprint density at radius 1 is 1.03 bits per heavy atom. The van der Waals surface area contributed by atoms with Gasteiger partial charge in [0.2, 0.25) is 11.7 Å². The van der Waals surface area contributed by atoms with E-state index in [1.54, 1.807) is 30.1 Å². The van der Waals surface area contributed by atoms with Crippen LogP contribution in [-0.2, 0) is 6.54 Å². The van der Waals surface area contributed by atoms with E-state index in [4.69, 9.17) is 9.26 Å². The van der Waals surface area contributed by atoms with Crippen LogP contribution in [0.4, 0.5) is 0 Å². The largest absolute Gasteiger partial charge is 0.497 e. The molecular weight excluding hydrogens is 394 g/mol. The number of hydrogen-bond acceptors (Lipinski definition) is 6. The minimum Gasteiger partial charge on any atom is -0.497 e. The average Bonchev–Trinajstić information content (AvgIpc) is 3.44. The Morgan fingerprint density at radius 2 is 1.87 bits per heavy atom. The van der Waals surface area contributed by atoms with Gasteiger partial charge < -0.3 is 13.8 Å². The minimum atomic E-state index is -0.195. The summed E-state index contributed by atoms with van der Waals surface area (Å²) in [6.45, 7) is 2.19. The topological polar surface area (TPSA) is 87.5 Å². The Labute approximate surface area is 177 Å². The fourth-order valence-corrected chi connectivity index (χ4v) is 3.36. The molecule has 8 nitrogen and oxygen atoms in total. The zero-order chi connectivity index (χ0) is 21.4. The highest BCUT2D eigenvalue weighted by atomic mass is 16.5. The summed E-state index contributed by atoms with van der Waals surface area (Å²) in [7, 11) is 1.61. The molecule has 0 amide bonds. The van der Waals surface area contributed by atoms with Gasteiger partial charge in [-0.3, -0.25) is 4.79 Å². The lowest BCUT2D eigenvalue weighted by Gasteiger charge is -2.02. The van der Waals surface area contributed by atoms with Crippen LogP contribution in [-0.4, -0.2) is 31.4 Å². The number of hydrogen-bond donors (Lipinski definition) is 0. The second-order valence-electron chi connectivity index (χ2n) is 7.20. The van der Waals surface area contributed by atoms with Gasteiger partial charge in [-0.2, -0.15) is 10.1 Å². The van der Waals surface area contributed by atoms with Gasteiger partial charge in [-0.05, 0) is 25.1 Å². The van der Waals surface area contributed by atoms with Crippen LogP contribution >= 0.6 is 0 Å². The summed E-state index contributed by atoms with van der Waals surface area (Å²) in [5, 5.41) is 8.55. The molecule has 0 spiro atoms. The summed E-state index contributed by atoms with van der Waals surface area (Å²) in [6, 6.07) is 17.2. The highest BCUT2D eigenvalue weighted by Gasteiger charge is 2.13. The summed E-state index contributed by atoms with van der Waals surface area (Å²) in [5.41, 5.74) is 3.84. The molecule has 5 aromatic rings. The number of nitrogens with zero attached hydrogens (tertiary/aromatic N) is 5. The Hall–Kier alpha value is -4.20. The second kappa shape index (κ2) is 7.56. The Bertz CT molecular complexity index is 1430. The van der Waals surface area contributed by atoms with Gasteiger partial charge in [-0.1, -0.05) is 47.1 Å². The number of fused-ring (bicyclic) bond motifs is 1. The average molecular weight is 413 g/mol. The smallest absolute Gasteiger partial charge is 0.277 e. The molecule has 0 radical (unpaired) electrons. The van der Waals surface area contributed by atoms with Crippen LogP contribution < -0.4 is 10.3 Å². The number of ether oxygens (including phenoxy) is 1. The van der Waals surface area contributed by atoms with Gasteiger partial charge in [0, 0.05) is 23.5 Å². The van der Waals surface area contributed by atoms with Crippen molar-refractivity contribution in [3.8, 4) is 28.4 Å². The zero-order valence-corrected chi connectivity index (χ0v) is 17.0. The van der Waals surface area contributed by atoms with E-state index in [-0.39, 0.29) is 12.1 Å². The lowest BCUT2D eigenvalue weighted by atomic mass is 10.1. The third-order valence-corrected chi connectivity index (χ3v) is 5.05. The van der Waals surface area contributed by atoms with Crippen LogP contribution in [0.15, 0.2) is 76.3 Å². The van der Waals surface area contributed by atoms with Gasteiger partial charge in [-0.25, -0.2) is 4.52 Å². The third kappa shape index (κ3) is 3.59. The number of aromatic nitrogens is 5. The molecule has 0 N–H and O–H groups in total. The predicted molar refractivity (Wildman–Crippen MR) is 115 cm³/mol. The molecule has 0 aliphatic rings. The van der Waals surface area contributed by atoms with E-state index in [1.165, 1.54) is 4.57 Å². The van der Waals surface area contributed by atoms with Crippen LogP contribution in [0.25, 0.3) is 28.2 Å². The summed E-state index contributed by atoms with van der Waals surface area (Å²) in [6.07, 6.45) is 3.39. The van der Waals surface area contributed by atoms with Crippen molar-refractivity contribution in [3.63, 3.8) is 0 Å². The SMILES string of the molecule is COc1cccc(-c2cc3c(=O)n(Cc4nc(-c5ccc(C)cc5)no4)ccn3n2)c1. The summed E-state index contributed by atoms with van der Waals surface area (Å²) in [5.74, 6) is 1.58. The van der Waals surface area contributed by atoms with Gasteiger partial charge in [0.25, 0.3) is 5.56 Å². The van der Waals surface area contributed by atoms with Crippen LogP contribution in [0.5, 0.6) is 5.75 Å². The monoisotopic (exact) mass is 413 g/mol. The maximum absolute atomic E-state index is 13.0. The molecule has 3 aromatic heterocycles. The van der Waals surface area contributed by atoms with Crippen LogP contribution in [0.2, 0.25) is 0 Å². The van der Waals surface area contributed by atoms with E-state index < -0.39 is 0 Å². The molecule has 31 heavy (non-hydrogen) atoms. The van der Waals surface area contributed by atoms with Crippen molar-refractivity contribution in [3.05, 3.63) is 88.8 Å².